The highest BCUT2D eigenvalue weighted by molar-refractivity contribution is 6.66. The summed E-state index contributed by atoms with van der Waals surface area (Å²) < 4.78 is 11.5. The van der Waals surface area contributed by atoms with Gasteiger partial charge in [-0.3, -0.25) is 0 Å². The van der Waals surface area contributed by atoms with Gasteiger partial charge < -0.3 is 14.6 Å². The van der Waals surface area contributed by atoms with Crippen LogP contribution >= 0.6 is 0 Å². The van der Waals surface area contributed by atoms with Crippen molar-refractivity contribution in [2.75, 3.05) is 19.8 Å². The molecule has 0 spiro atoms. The molecule has 0 fully saturated rings. The molecule has 0 amide bonds. The fourth-order valence-corrected chi connectivity index (χ4v) is 3.25. The molecular formula is C9H23NO2Si. The fraction of sp³-hybridized carbons (Fsp3) is 1.00. The van der Waals surface area contributed by atoms with E-state index in [4.69, 9.17) is 14.6 Å². The van der Waals surface area contributed by atoms with Gasteiger partial charge in [-0.25, -0.2) is 0 Å². The molecule has 0 aromatic carbocycles. The maximum atomic E-state index is 5.76. The van der Waals surface area contributed by atoms with Gasteiger partial charge in [-0.05, 0) is 25.9 Å². The number of nitrogens with two attached hydrogens (primary N) is 1. The average molecular weight is 205 g/mol. The van der Waals surface area contributed by atoms with Crippen LogP contribution in [0.5, 0.6) is 0 Å². The molecule has 2 N–H and O–H groups in total. The molecule has 0 radical (unpaired) electrons. The Bertz CT molecular complexity index is 114. The molecule has 0 saturated carbocycles. The highest BCUT2D eigenvalue weighted by atomic mass is 28.4. The lowest BCUT2D eigenvalue weighted by Gasteiger charge is -2.26. The van der Waals surface area contributed by atoms with E-state index in [1.54, 1.807) is 0 Å². The first-order valence-electron chi connectivity index (χ1n) is 5.16. The molecule has 0 rings (SSSR count). The van der Waals surface area contributed by atoms with Crippen LogP contribution in [-0.4, -0.2) is 28.3 Å². The first kappa shape index (κ1) is 13.1. The highest BCUT2D eigenvalue weighted by Crippen LogP contribution is 2.13. The summed E-state index contributed by atoms with van der Waals surface area (Å²) in [5, 5.41) is 0. The molecule has 0 atom stereocenters. The third-order valence-electron chi connectivity index (χ3n) is 1.82. The molecule has 13 heavy (non-hydrogen) atoms. The Kier molecular flexibility index (Phi) is 7.55. The Morgan fingerprint density at radius 2 is 1.54 bits per heavy atom. The van der Waals surface area contributed by atoms with Gasteiger partial charge in [-0.2, -0.15) is 0 Å². The van der Waals surface area contributed by atoms with E-state index in [1.807, 2.05) is 0 Å². The molecule has 3 nitrogen and oxygen atoms in total. The summed E-state index contributed by atoms with van der Waals surface area (Å²) in [6, 6.07) is 0.896. The Morgan fingerprint density at radius 1 is 1.08 bits per heavy atom. The molecule has 0 saturated heterocycles. The maximum absolute atomic E-state index is 5.76. The van der Waals surface area contributed by atoms with E-state index < -0.39 is 8.56 Å². The largest absolute Gasteiger partial charge is 0.394 e. The Hall–Kier alpha value is 0.0969. The van der Waals surface area contributed by atoms with Crippen molar-refractivity contribution in [3.05, 3.63) is 0 Å². The number of hydrogen-bond donors (Lipinski definition) is 1. The monoisotopic (exact) mass is 205 g/mol. The van der Waals surface area contributed by atoms with Gasteiger partial charge in [0, 0.05) is 19.3 Å². The first-order chi connectivity index (χ1) is 6.18. The predicted octanol–water partition coefficient (Wildman–Crippen LogP) is 1.87. The SMILES string of the molecule is CCCO[Si](C)(CCN)OCCC. The molecular weight excluding hydrogens is 182 g/mol. The summed E-state index contributed by atoms with van der Waals surface area (Å²) in [5.74, 6) is 0. The van der Waals surface area contributed by atoms with Crippen LogP contribution < -0.4 is 5.73 Å². The van der Waals surface area contributed by atoms with Crippen molar-refractivity contribution < 1.29 is 8.85 Å². The molecule has 4 heteroatoms. The van der Waals surface area contributed by atoms with Crippen molar-refractivity contribution in [3.63, 3.8) is 0 Å². The second kappa shape index (κ2) is 7.50. The van der Waals surface area contributed by atoms with E-state index in [9.17, 15) is 0 Å². The number of rotatable bonds is 8. The van der Waals surface area contributed by atoms with Gasteiger partial charge in [0.05, 0.1) is 0 Å². The Morgan fingerprint density at radius 3 is 1.85 bits per heavy atom. The molecule has 0 aromatic rings. The van der Waals surface area contributed by atoms with Crippen molar-refractivity contribution in [2.24, 2.45) is 5.73 Å². The zero-order valence-corrected chi connectivity index (χ0v) is 10.1. The van der Waals surface area contributed by atoms with Crippen LogP contribution in [0, 0.1) is 0 Å². The van der Waals surface area contributed by atoms with Crippen LogP contribution in [0.15, 0.2) is 0 Å². The molecule has 0 aliphatic heterocycles. The molecule has 0 aliphatic rings. The van der Waals surface area contributed by atoms with Gasteiger partial charge in [0.2, 0.25) is 0 Å². The van der Waals surface area contributed by atoms with Gasteiger partial charge in [0.1, 0.15) is 0 Å². The standard InChI is InChI=1S/C9H23NO2Si/c1-4-7-11-13(3,9-6-10)12-8-5-2/h4-10H2,1-3H3. The second-order valence-electron chi connectivity index (χ2n) is 3.37. The van der Waals surface area contributed by atoms with Crippen LogP contribution in [0.3, 0.4) is 0 Å². The molecule has 80 valence electrons. The summed E-state index contributed by atoms with van der Waals surface area (Å²) in [5.41, 5.74) is 5.53. The zero-order chi connectivity index (χ0) is 10.2. The smallest absolute Gasteiger partial charge is 0.336 e. The normalized spacial score (nSPS) is 12.0. The van der Waals surface area contributed by atoms with Gasteiger partial charge in [0.25, 0.3) is 0 Å². The Labute approximate surface area is 82.9 Å². The third-order valence-corrected chi connectivity index (χ3v) is 4.65. The summed E-state index contributed by atoms with van der Waals surface area (Å²) in [6.45, 7) is 8.58. The fourth-order valence-electron chi connectivity index (χ4n) is 1.08. The van der Waals surface area contributed by atoms with Crippen LogP contribution in [0.4, 0.5) is 0 Å². The lowest BCUT2D eigenvalue weighted by molar-refractivity contribution is 0.174. The topological polar surface area (TPSA) is 44.5 Å². The van der Waals surface area contributed by atoms with E-state index in [0.717, 1.165) is 32.1 Å². The van der Waals surface area contributed by atoms with Crippen LogP contribution in [0.1, 0.15) is 26.7 Å². The van der Waals surface area contributed by atoms with E-state index in [-0.39, 0.29) is 0 Å². The molecule has 0 heterocycles. The van der Waals surface area contributed by atoms with Crippen LogP contribution in [-0.2, 0) is 8.85 Å². The average Bonchev–Trinajstić information content (AvgIpc) is 2.12. The van der Waals surface area contributed by atoms with Gasteiger partial charge in [-0.15, -0.1) is 0 Å². The van der Waals surface area contributed by atoms with Crippen molar-refractivity contribution in [3.8, 4) is 0 Å². The summed E-state index contributed by atoms with van der Waals surface area (Å²) >= 11 is 0. The predicted molar refractivity (Wildman–Crippen MR) is 58.0 cm³/mol. The minimum absolute atomic E-state index is 0.663. The van der Waals surface area contributed by atoms with Crippen molar-refractivity contribution >= 4 is 8.56 Å². The second-order valence-corrected chi connectivity index (χ2v) is 6.71. The lowest BCUT2D eigenvalue weighted by atomic mass is 10.5. The lowest BCUT2D eigenvalue weighted by Crippen LogP contribution is -2.41. The van der Waals surface area contributed by atoms with Crippen LogP contribution in [0.25, 0.3) is 0 Å². The van der Waals surface area contributed by atoms with Crippen LogP contribution in [0.2, 0.25) is 12.6 Å². The van der Waals surface area contributed by atoms with E-state index in [2.05, 4.69) is 20.4 Å². The summed E-state index contributed by atoms with van der Waals surface area (Å²) in [6.07, 6.45) is 2.09. The van der Waals surface area contributed by atoms with Crippen molar-refractivity contribution in [2.45, 2.75) is 39.3 Å². The molecule has 0 aliphatic carbocycles. The van der Waals surface area contributed by atoms with E-state index >= 15 is 0 Å². The maximum Gasteiger partial charge on any atom is 0.336 e. The molecule has 0 bridgehead atoms. The summed E-state index contributed by atoms with van der Waals surface area (Å²) in [7, 11) is -1.92. The van der Waals surface area contributed by atoms with E-state index in [1.165, 1.54) is 0 Å². The number of hydrogen-bond acceptors (Lipinski definition) is 3. The minimum atomic E-state index is -1.92. The van der Waals surface area contributed by atoms with Gasteiger partial charge >= 0.3 is 8.56 Å². The third kappa shape index (κ3) is 6.21. The van der Waals surface area contributed by atoms with Gasteiger partial charge in [0.15, 0.2) is 0 Å². The minimum Gasteiger partial charge on any atom is -0.394 e. The van der Waals surface area contributed by atoms with Gasteiger partial charge in [-0.1, -0.05) is 13.8 Å². The Balaban J connectivity index is 3.84. The summed E-state index contributed by atoms with van der Waals surface area (Å²) in [4.78, 5) is 0. The van der Waals surface area contributed by atoms with E-state index in [0.29, 0.717) is 6.54 Å². The van der Waals surface area contributed by atoms with Crippen molar-refractivity contribution in [1.82, 2.24) is 0 Å². The molecule has 0 unspecified atom stereocenters. The zero-order valence-electron chi connectivity index (χ0n) is 9.14. The molecule has 0 aromatic heterocycles. The quantitative estimate of drug-likeness (QED) is 0.615. The first-order valence-corrected chi connectivity index (χ1v) is 7.69. The van der Waals surface area contributed by atoms with Crippen molar-refractivity contribution in [1.29, 1.82) is 0 Å². The highest BCUT2D eigenvalue weighted by Gasteiger charge is 2.29.